The molecule has 0 aromatic carbocycles. The Morgan fingerprint density at radius 2 is 2.25 bits per heavy atom. The Morgan fingerprint density at radius 1 is 1.56 bits per heavy atom. The second kappa shape index (κ2) is 4.66. The molecule has 0 fully saturated rings. The Hall–Kier alpha value is -1.35. The first-order chi connectivity index (χ1) is 7.13. The summed E-state index contributed by atoms with van der Waals surface area (Å²) in [6.07, 6.45) is 2.24. The minimum Gasteiger partial charge on any atom is -0.478 e. The molecule has 0 aliphatic carbocycles. The van der Waals surface area contributed by atoms with E-state index >= 15 is 0 Å². The third kappa shape index (κ3) is 1.95. The van der Waals surface area contributed by atoms with E-state index in [9.17, 15) is 9.18 Å². The SMILES string of the molecule is O=C(O)c1cc(CO)cn2c(F)cnc12.[Li]. The number of rotatable bonds is 2. The monoisotopic (exact) mass is 217 g/mol. The summed E-state index contributed by atoms with van der Waals surface area (Å²) in [5.41, 5.74) is 0.208. The van der Waals surface area contributed by atoms with Crippen molar-refractivity contribution in [3.63, 3.8) is 0 Å². The number of halogens is 1. The molecule has 2 heterocycles. The summed E-state index contributed by atoms with van der Waals surface area (Å²) in [5, 5.41) is 17.7. The molecule has 0 aliphatic rings. The summed E-state index contributed by atoms with van der Waals surface area (Å²) in [6, 6.07) is 1.27. The van der Waals surface area contributed by atoms with Gasteiger partial charge in [-0.25, -0.2) is 9.78 Å². The van der Waals surface area contributed by atoms with E-state index in [2.05, 4.69) is 4.98 Å². The number of aliphatic hydroxyl groups excluding tert-OH is 1. The maximum atomic E-state index is 13.1. The van der Waals surface area contributed by atoms with Crippen LogP contribution in [0.3, 0.4) is 0 Å². The number of carboxylic acid groups (broad SMARTS) is 1. The molecular weight excluding hydrogens is 210 g/mol. The predicted molar refractivity (Wildman–Crippen MR) is 53.8 cm³/mol. The number of aromatic nitrogens is 2. The van der Waals surface area contributed by atoms with Crippen LogP contribution < -0.4 is 0 Å². The van der Waals surface area contributed by atoms with Crippen LogP contribution in [0.5, 0.6) is 0 Å². The van der Waals surface area contributed by atoms with Gasteiger partial charge in [-0.3, -0.25) is 4.40 Å². The molecule has 79 valence electrons. The number of aliphatic hydroxyl groups is 1. The fraction of sp³-hybridized carbons (Fsp3) is 0.111. The van der Waals surface area contributed by atoms with Crippen LogP contribution >= 0.6 is 0 Å². The van der Waals surface area contributed by atoms with Crippen molar-refractivity contribution in [1.29, 1.82) is 0 Å². The normalized spacial score (nSPS) is 10.1. The zero-order valence-corrected chi connectivity index (χ0v) is 8.51. The Labute approximate surface area is 102 Å². The summed E-state index contributed by atoms with van der Waals surface area (Å²) >= 11 is 0. The zero-order valence-electron chi connectivity index (χ0n) is 8.51. The van der Waals surface area contributed by atoms with Crippen LogP contribution in [-0.2, 0) is 6.61 Å². The largest absolute Gasteiger partial charge is 0.478 e. The molecule has 0 atom stereocenters. The number of fused-ring (bicyclic) bond motifs is 1. The van der Waals surface area contributed by atoms with Gasteiger partial charge in [0, 0.05) is 25.1 Å². The molecule has 0 saturated carbocycles. The maximum absolute atomic E-state index is 13.1. The fourth-order valence-corrected chi connectivity index (χ4v) is 1.36. The number of nitrogens with zero attached hydrogens (tertiary/aromatic N) is 2. The number of hydrogen-bond donors (Lipinski definition) is 2. The molecule has 2 aromatic rings. The van der Waals surface area contributed by atoms with Gasteiger partial charge in [0.25, 0.3) is 0 Å². The van der Waals surface area contributed by atoms with Gasteiger partial charge in [-0.15, -0.1) is 0 Å². The van der Waals surface area contributed by atoms with Gasteiger partial charge in [0.1, 0.15) is 5.56 Å². The smallest absolute Gasteiger partial charge is 0.339 e. The summed E-state index contributed by atoms with van der Waals surface area (Å²) < 4.78 is 14.1. The molecule has 2 aromatic heterocycles. The average Bonchev–Trinajstić information content (AvgIpc) is 2.59. The van der Waals surface area contributed by atoms with E-state index in [0.717, 1.165) is 10.6 Å². The van der Waals surface area contributed by atoms with Gasteiger partial charge in [-0.2, -0.15) is 4.39 Å². The topological polar surface area (TPSA) is 74.8 Å². The molecule has 2 rings (SSSR count). The first-order valence-electron chi connectivity index (χ1n) is 4.13. The van der Waals surface area contributed by atoms with Gasteiger partial charge in [-0.05, 0) is 11.6 Å². The first kappa shape index (κ1) is 12.7. The van der Waals surface area contributed by atoms with Crippen molar-refractivity contribution in [3.05, 3.63) is 35.5 Å². The van der Waals surface area contributed by atoms with Crippen molar-refractivity contribution >= 4 is 30.5 Å². The summed E-state index contributed by atoms with van der Waals surface area (Å²) in [5.74, 6) is -1.87. The molecule has 1 radical (unpaired) electrons. The van der Waals surface area contributed by atoms with E-state index in [1.54, 1.807) is 0 Å². The molecule has 16 heavy (non-hydrogen) atoms. The van der Waals surface area contributed by atoms with E-state index in [-0.39, 0.29) is 36.7 Å². The third-order valence-corrected chi connectivity index (χ3v) is 2.03. The van der Waals surface area contributed by atoms with Crippen LogP contribution in [0.1, 0.15) is 15.9 Å². The molecular formula is C9H7FLiN2O3. The van der Waals surface area contributed by atoms with Crippen LogP contribution in [0.15, 0.2) is 18.5 Å². The van der Waals surface area contributed by atoms with Crippen molar-refractivity contribution in [2.75, 3.05) is 0 Å². The zero-order chi connectivity index (χ0) is 11.0. The van der Waals surface area contributed by atoms with Crippen molar-refractivity contribution in [2.24, 2.45) is 0 Å². The van der Waals surface area contributed by atoms with Crippen LogP contribution in [0.25, 0.3) is 5.65 Å². The fourth-order valence-electron chi connectivity index (χ4n) is 1.36. The van der Waals surface area contributed by atoms with Gasteiger partial charge < -0.3 is 10.2 Å². The van der Waals surface area contributed by atoms with Crippen molar-refractivity contribution < 1.29 is 19.4 Å². The standard InChI is InChI=1S/C9H7FN2O3.Li/c10-7-2-11-8-6(9(14)15)1-5(4-13)3-12(7)8;/h1-3,13H,4H2,(H,14,15);. The number of carboxylic acids is 1. The van der Waals surface area contributed by atoms with Gasteiger partial charge in [0.05, 0.1) is 12.8 Å². The maximum Gasteiger partial charge on any atom is 0.339 e. The second-order valence-corrected chi connectivity index (χ2v) is 3.00. The summed E-state index contributed by atoms with van der Waals surface area (Å²) in [4.78, 5) is 14.5. The Kier molecular flexibility index (Phi) is 3.70. The number of pyridine rings is 1. The molecule has 2 N–H and O–H groups in total. The van der Waals surface area contributed by atoms with Crippen molar-refractivity contribution in [2.45, 2.75) is 6.61 Å². The molecule has 0 bridgehead atoms. The number of carbonyl (C=O) groups is 1. The Morgan fingerprint density at radius 3 is 2.81 bits per heavy atom. The van der Waals surface area contributed by atoms with E-state index in [0.29, 0.717) is 5.56 Å². The molecule has 5 nitrogen and oxygen atoms in total. The average molecular weight is 217 g/mol. The van der Waals surface area contributed by atoms with Crippen molar-refractivity contribution in [1.82, 2.24) is 9.38 Å². The molecule has 0 unspecified atom stereocenters. The van der Waals surface area contributed by atoms with Crippen LogP contribution in [0.4, 0.5) is 4.39 Å². The van der Waals surface area contributed by atoms with Crippen LogP contribution in [-0.4, -0.2) is 44.4 Å². The molecule has 7 heteroatoms. The van der Waals surface area contributed by atoms with E-state index < -0.39 is 11.9 Å². The molecule has 0 amide bonds. The Balaban J connectivity index is 0.00000128. The third-order valence-electron chi connectivity index (χ3n) is 2.03. The number of imidazole rings is 1. The van der Waals surface area contributed by atoms with Gasteiger partial charge in [0.15, 0.2) is 5.65 Å². The summed E-state index contributed by atoms with van der Waals surface area (Å²) in [6.45, 7) is -0.353. The first-order valence-corrected chi connectivity index (χ1v) is 4.13. The molecule has 0 spiro atoms. The van der Waals surface area contributed by atoms with Crippen LogP contribution in [0, 0.1) is 5.95 Å². The van der Waals surface area contributed by atoms with E-state index in [4.69, 9.17) is 10.2 Å². The van der Waals surface area contributed by atoms with Gasteiger partial charge >= 0.3 is 5.97 Å². The quantitative estimate of drug-likeness (QED) is 0.708. The van der Waals surface area contributed by atoms with Gasteiger partial charge in [0.2, 0.25) is 5.95 Å². The number of hydrogen-bond acceptors (Lipinski definition) is 3. The minimum atomic E-state index is -1.21. The number of aromatic carboxylic acids is 1. The predicted octanol–water partition coefficient (Wildman–Crippen LogP) is 0.283. The molecule has 0 saturated heterocycles. The molecule has 0 aliphatic heterocycles. The van der Waals surface area contributed by atoms with E-state index in [1.807, 2.05) is 0 Å². The van der Waals surface area contributed by atoms with E-state index in [1.165, 1.54) is 12.3 Å². The minimum absolute atomic E-state index is 0. The van der Waals surface area contributed by atoms with Crippen LogP contribution in [0.2, 0.25) is 0 Å². The Bertz CT molecular complexity index is 541. The second-order valence-electron chi connectivity index (χ2n) is 3.00. The van der Waals surface area contributed by atoms with Crippen molar-refractivity contribution in [3.8, 4) is 0 Å². The van der Waals surface area contributed by atoms with Gasteiger partial charge in [-0.1, -0.05) is 0 Å². The summed E-state index contributed by atoms with van der Waals surface area (Å²) in [7, 11) is 0.